The third-order valence-corrected chi connectivity index (χ3v) is 4.87. The van der Waals surface area contributed by atoms with Gasteiger partial charge in [0.05, 0.1) is 12.1 Å². The minimum atomic E-state index is -2.70. The maximum absolute atomic E-state index is 10.5. The Balaban J connectivity index is 2.38. The van der Waals surface area contributed by atoms with Gasteiger partial charge in [-0.05, 0) is 42.9 Å². The van der Waals surface area contributed by atoms with Crippen molar-refractivity contribution in [2.45, 2.75) is 70.3 Å². The zero-order valence-electron chi connectivity index (χ0n) is 15.8. The summed E-state index contributed by atoms with van der Waals surface area (Å²) < 4.78 is 15.0. The molecule has 2 atom stereocenters. The van der Waals surface area contributed by atoms with Crippen LogP contribution in [0.1, 0.15) is 63.0 Å². The van der Waals surface area contributed by atoms with Gasteiger partial charge < -0.3 is 10.8 Å². The van der Waals surface area contributed by atoms with Gasteiger partial charge in [-0.1, -0.05) is 63.3 Å². The summed E-state index contributed by atoms with van der Waals surface area (Å²) in [5.74, 6) is 0. The topological polar surface area (TPSA) is 92.8 Å². The van der Waals surface area contributed by atoms with E-state index >= 15 is 0 Å². The number of unbranched alkanes of at least 4 members (excludes halogenated alkanes) is 5. The molecular formula is C20H33NO4P+. The summed E-state index contributed by atoms with van der Waals surface area (Å²) >= 11 is 0. The van der Waals surface area contributed by atoms with Crippen LogP contribution in [0, 0.1) is 0 Å². The molecule has 0 fully saturated rings. The largest absolute Gasteiger partial charge is 0.746 e. The van der Waals surface area contributed by atoms with Crippen LogP contribution in [-0.2, 0) is 21.9 Å². The number of hydrogen-bond acceptors (Lipinski definition) is 4. The molecule has 0 aliphatic rings. The standard InChI is InChI=1S/C20H32NO4P/c1-2-3-4-5-6-7-8-18-9-11-19(12-10-18)13-14-20(21,17-22)15-16-25-26(23)24/h9-12,15-16,22H,2-8,13-14,17,21H2,1H3/p+1/b16-15+/t20-/m0/s1. The van der Waals surface area contributed by atoms with E-state index in [2.05, 4.69) is 35.7 Å². The molecule has 0 saturated carbocycles. The normalized spacial score (nSPS) is 14.4. The van der Waals surface area contributed by atoms with Crippen LogP contribution in [0.25, 0.3) is 0 Å². The second-order valence-corrected chi connectivity index (χ2v) is 7.56. The highest BCUT2D eigenvalue weighted by Crippen LogP contribution is 2.19. The molecule has 0 heterocycles. The second-order valence-electron chi connectivity index (χ2n) is 6.87. The highest BCUT2D eigenvalue weighted by Gasteiger charge is 2.21. The van der Waals surface area contributed by atoms with Crippen LogP contribution in [0.3, 0.4) is 0 Å². The summed E-state index contributed by atoms with van der Waals surface area (Å²) in [5.41, 5.74) is 7.62. The summed E-state index contributed by atoms with van der Waals surface area (Å²) in [5, 5.41) is 9.48. The van der Waals surface area contributed by atoms with E-state index in [1.165, 1.54) is 50.2 Å². The van der Waals surface area contributed by atoms with Gasteiger partial charge in [-0.2, -0.15) is 0 Å². The quantitative estimate of drug-likeness (QED) is 0.252. The first kappa shape index (κ1) is 22.8. The second kappa shape index (κ2) is 13.0. The average molecular weight is 382 g/mol. The minimum absolute atomic E-state index is 0.259. The molecule has 1 aromatic carbocycles. The van der Waals surface area contributed by atoms with Gasteiger partial charge >= 0.3 is 8.25 Å². The first-order valence-electron chi connectivity index (χ1n) is 9.47. The van der Waals surface area contributed by atoms with E-state index in [4.69, 9.17) is 10.6 Å². The fraction of sp³-hybridized carbons (Fsp3) is 0.600. The van der Waals surface area contributed by atoms with E-state index in [-0.39, 0.29) is 6.61 Å². The lowest BCUT2D eigenvalue weighted by Crippen LogP contribution is -2.42. The number of aliphatic hydroxyl groups excluding tert-OH is 1. The van der Waals surface area contributed by atoms with E-state index in [1.807, 2.05) is 0 Å². The van der Waals surface area contributed by atoms with Crippen molar-refractivity contribution in [1.29, 1.82) is 0 Å². The Morgan fingerprint density at radius 3 is 2.23 bits per heavy atom. The molecule has 0 bridgehead atoms. The molecule has 0 spiro atoms. The van der Waals surface area contributed by atoms with E-state index in [9.17, 15) is 9.67 Å². The zero-order chi connectivity index (χ0) is 19.3. The van der Waals surface area contributed by atoms with Crippen molar-refractivity contribution in [2.75, 3.05) is 6.61 Å². The fourth-order valence-corrected chi connectivity index (χ4v) is 2.96. The smallest absolute Gasteiger partial charge is 0.394 e. The Kier molecular flexibility index (Phi) is 11.4. The van der Waals surface area contributed by atoms with Crippen LogP contribution < -0.4 is 5.73 Å². The van der Waals surface area contributed by atoms with Gasteiger partial charge in [0.2, 0.25) is 0 Å². The molecule has 1 unspecified atom stereocenters. The summed E-state index contributed by atoms with van der Waals surface area (Å²) in [6.45, 7) is 1.98. The maximum atomic E-state index is 10.5. The maximum Gasteiger partial charge on any atom is 0.746 e. The Hall–Kier alpha value is -1.26. The summed E-state index contributed by atoms with van der Waals surface area (Å²) in [6.07, 6.45) is 12.7. The van der Waals surface area contributed by atoms with Gasteiger partial charge in [-0.3, -0.25) is 0 Å². The predicted octanol–water partition coefficient (Wildman–Crippen LogP) is 4.39. The molecule has 26 heavy (non-hydrogen) atoms. The third-order valence-electron chi connectivity index (χ3n) is 4.57. The first-order chi connectivity index (χ1) is 12.5. The molecule has 0 aliphatic carbocycles. The van der Waals surface area contributed by atoms with Gasteiger partial charge in [-0.15, -0.1) is 4.89 Å². The van der Waals surface area contributed by atoms with Crippen molar-refractivity contribution in [3.05, 3.63) is 47.7 Å². The van der Waals surface area contributed by atoms with Crippen LogP contribution in [0.2, 0.25) is 0 Å². The Labute approximate surface area is 158 Å². The van der Waals surface area contributed by atoms with Gasteiger partial charge in [0.15, 0.2) is 6.26 Å². The van der Waals surface area contributed by atoms with Crippen LogP contribution in [0.4, 0.5) is 0 Å². The first-order valence-corrected chi connectivity index (χ1v) is 10.6. The third kappa shape index (κ3) is 10.0. The van der Waals surface area contributed by atoms with Crippen LogP contribution in [0.15, 0.2) is 36.6 Å². The SMILES string of the molecule is CCCCCCCCc1ccc(CC[C@](N)(/C=C/O[P+](=O)O)CO)cc1. The minimum Gasteiger partial charge on any atom is -0.394 e. The summed E-state index contributed by atoms with van der Waals surface area (Å²) in [4.78, 5) is 8.60. The Bertz CT molecular complexity index is 547. The molecule has 6 heteroatoms. The molecule has 0 radical (unpaired) electrons. The van der Waals surface area contributed by atoms with Gasteiger partial charge in [0.25, 0.3) is 0 Å². The molecule has 4 N–H and O–H groups in total. The molecule has 5 nitrogen and oxygen atoms in total. The molecular weight excluding hydrogens is 349 g/mol. The Morgan fingerprint density at radius 1 is 1.08 bits per heavy atom. The lowest BCUT2D eigenvalue weighted by molar-refractivity contribution is 0.217. The predicted molar refractivity (Wildman–Crippen MR) is 106 cm³/mol. The lowest BCUT2D eigenvalue weighted by atomic mass is 9.92. The molecule has 0 aliphatic heterocycles. The highest BCUT2D eigenvalue weighted by atomic mass is 31.1. The molecule has 0 saturated heterocycles. The molecule has 1 aromatic rings. The average Bonchev–Trinajstić information content (AvgIpc) is 2.63. The Morgan fingerprint density at radius 2 is 1.65 bits per heavy atom. The number of hydrogen-bond donors (Lipinski definition) is 3. The van der Waals surface area contributed by atoms with Crippen LogP contribution in [0.5, 0.6) is 0 Å². The number of aryl methyl sites for hydroxylation is 2. The van der Waals surface area contributed by atoms with E-state index in [0.717, 1.165) is 18.2 Å². The van der Waals surface area contributed by atoms with Gasteiger partial charge in [0, 0.05) is 4.57 Å². The highest BCUT2D eigenvalue weighted by molar-refractivity contribution is 7.32. The molecule has 146 valence electrons. The molecule has 0 amide bonds. The van der Waals surface area contributed by atoms with Gasteiger partial charge in [0.1, 0.15) is 0 Å². The number of aliphatic hydroxyl groups is 1. The van der Waals surface area contributed by atoms with Crippen molar-refractivity contribution in [3.8, 4) is 0 Å². The van der Waals surface area contributed by atoms with E-state index < -0.39 is 13.8 Å². The molecule has 0 aromatic heterocycles. The fourth-order valence-electron chi connectivity index (χ4n) is 2.79. The lowest BCUT2D eigenvalue weighted by Gasteiger charge is -2.22. The monoisotopic (exact) mass is 382 g/mol. The van der Waals surface area contributed by atoms with Crippen LogP contribution in [-0.4, -0.2) is 22.1 Å². The van der Waals surface area contributed by atoms with Crippen molar-refractivity contribution >= 4 is 8.25 Å². The van der Waals surface area contributed by atoms with Crippen LogP contribution >= 0.6 is 8.25 Å². The zero-order valence-corrected chi connectivity index (χ0v) is 16.7. The number of nitrogens with two attached hydrogens (primary N) is 1. The van der Waals surface area contributed by atoms with E-state index in [0.29, 0.717) is 12.8 Å². The number of benzene rings is 1. The molecule has 1 rings (SSSR count). The summed E-state index contributed by atoms with van der Waals surface area (Å²) in [7, 11) is -2.70. The summed E-state index contributed by atoms with van der Waals surface area (Å²) in [6, 6.07) is 8.53. The van der Waals surface area contributed by atoms with Gasteiger partial charge in [-0.25, -0.2) is 4.52 Å². The van der Waals surface area contributed by atoms with Crippen molar-refractivity contribution in [1.82, 2.24) is 0 Å². The number of rotatable bonds is 14. The van der Waals surface area contributed by atoms with E-state index in [1.54, 1.807) is 0 Å². The van der Waals surface area contributed by atoms with Crippen molar-refractivity contribution in [2.24, 2.45) is 5.73 Å². The van der Waals surface area contributed by atoms with Crippen molar-refractivity contribution < 1.29 is 19.1 Å². The van der Waals surface area contributed by atoms with Crippen molar-refractivity contribution in [3.63, 3.8) is 0 Å².